The average molecular weight is 293 g/mol. The van der Waals surface area contributed by atoms with Crippen LogP contribution in [-0.2, 0) is 0 Å². The summed E-state index contributed by atoms with van der Waals surface area (Å²) in [7, 11) is 0. The van der Waals surface area contributed by atoms with E-state index < -0.39 is 28.1 Å². The van der Waals surface area contributed by atoms with Crippen LogP contribution in [0.3, 0.4) is 0 Å². The van der Waals surface area contributed by atoms with Gasteiger partial charge in [-0.05, 0) is 24.3 Å². The smallest absolute Gasteiger partial charge is 0.305 e. The van der Waals surface area contributed by atoms with Crippen molar-refractivity contribution in [2.24, 2.45) is 5.73 Å². The summed E-state index contributed by atoms with van der Waals surface area (Å²) in [6.07, 6.45) is 0. The highest BCUT2D eigenvalue weighted by molar-refractivity contribution is 5.97. The van der Waals surface area contributed by atoms with Crippen molar-refractivity contribution in [3.63, 3.8) is 0 Å². The number of nitrogens with two attached hydrogens (primary N) is 1. The summed E-state index contributed by atoms with van der Waals surface area (Å²) in [5.41, 5.74) is 4.61. The summed E-state index contributed by atoms with van der Waals surface area (Å²) in [5.74, 6) is -2.09. The van der Waals surface area contributed by atoms with E-state index in [1.807, 2.05) is 0 Å². The van der Waals surface area contributed by atoms with Gasteiger partial charge in [-0.15, -0.1) is 0 Å². The van der Waals surface area contributed by atoms with Gasteiger partial charge >= 0.3 is 5.69 Å². The van der Waals surface area contributed by atoms with Crippen molar-refractivity contribution in [1.82, 2.24) is 0 Å². The fourth-order valence-electron chi connectivity index (χ4n) is 1.63. The van der Waals surface area contributed by atoms with Crippen LogP contribution in [0, 0.1) is 27.2 Å². The minimum absolute atomic E-state index is 0.00578. The van der Waals surface area contributed by atoms with E-state index in [0.29, 0.717) is 0 Å². The molecule has 0 spiro atoms. The van der Waals surface area contributed by atoms with E-state index in [9.17, 15) is 18.9 Å². The number of nitro benzene ring substituents is 1. The molecule has 0 radical (unpaired) electrons. The Morgan fingerprint density at radius 3 is 2.52 bits per heavy atom. The van der Waals surface area contributed by atoms with Gasteiger partial charge in [0.15, 0.2) is 0 Å². The molecular formula is C13H9F2N3O3. The maximum Gasteiger partial charge on any atom is 0.305 e. The number of ether oxygens (including phenoxy) is 1. The third-order valence-corrected chi connectivity index (χ3v) is 2.58. The van der Waals surface area contributed by atoms with Crippen molar-refractivity contribution in [3.05, 3.63) is 63.7 Å². The number of benzene rings is 2. The molecule has 0 unspecified atom stereocenters. The number of nitrogen functional groups attached to an aromatic ring is 1. The number of amidine groups is 1. The summed E-state index contributed by atoms with van der Waals surface area (Å²) >= 11 is 0. The number of nitrogens with one attached hydrogen (secondary N) is 1. The quantitative estimate of drug-likeness (QED) is 0.391. The number of nitrogens with zero attached hydrogens (tertiary/aromatic N) is 1. The Hall–Kier alpha value is -3.03. The van der Waals surface area contributed by atoms with Gasteiger partial charge in [-0.3, -0.25) is 15.5 Å². The van der Waals surface area contributed by atoms with Gasteiger partial charge in [-0.2, -0.15) is 4.39 Å². The molecule has 0 aliphatic heterocycles. The van der Waals surface area contributed by atoms with Crippen LogP contribution >= 0.6 is 0 Å². The Balaban J connectivity index is 2.37. The highest BCUT2D eigenvalue weighted by atomic mass is 19.1. The molecule has 0 fully saturated rings. The summed E-state index contributed by atoms with van der Waals surface area (Å²) in [5, 5.41) is 17.8. The van der Waals surface area contributed by atoms with Crippen LogP contribution in [0.4, 0.5) is 14.5 Å². The molecule has 0 atom stereocenters. The third-order valence-electron chi connectivity index (χ3n) is 2.58. The minimum Gasteiger partial charge on any atom is -0.456 e. The number of hydrogen-bond acceptors (Lipinski definition) is 4. The zero-order chi connectivity index (χ0) is 15.6. The molecule has 0 amide bonds. The monoisotopic (exact) mass is 293 g/mol. The molecule has 0 aliphatic rings. The van der Waals surface area contributed by atoms with Gasteiger partial charge in [-0.1, -0.05) is 0 Å². The SMILES string of the molecule is N=C(N)c1cc(F)ccc1Oc1ccc([N+](=O)[O-])c(F)c1. The highest BCUT2D eigenvalue weighted by Crippen LogP contribution is 2.29. The maximum absolute atomic E-state index is 13.5. The van der Waals surface area contributed by atoms with Gasteiger partial charge in [-0.25, -0.2) is 4.39 Å². The average Bonchev–Trinajstić information content (AvgIpc) is 2.40. The largest absolute Gasteiger partial charge is 0.456 e. The van der Waals surface area contributed by atoms with E-state index in [1.54, 1.807) is 0 Å². The summed E-state index contributed by atoms with van der Waals surface area (Å²) in [4.78, 5) is 9.65. The number of hydrogen-bond donors (Lipinski definition) is 2. The fraction of sp³-hybridized carbons (Fsp3) is 0. The molecule has 6 nitrogen and oxygen atoms in total. The zero-order valence-corrected chi connectivity index (χ0v) is 10.5. The first-order chi connectivity index (χ1) is 9.88. The highest BCUT2D eigenvalue weighted by Gasteiger charge is 2.16. The summed E-state index contributed by atoms with van der Waals surface area (Å²) in [6.45, 7) is 0. The van der Waals surface area contributed by atoms with Crippen LogP contribution in [0.5, 0.6) is 11.5 Å². The first-order valence-electron chi connectivity index (χ1n) is 5.64. The predicted octanol–water partition coefficient (Wildman–Crippen LogP) is 2.95. The van der Waals surface area contributed by atoms with Gasteiger partial charge < -0.3 is 10.5 Å². The molecule has 0 heterocycles. The lowest BCUT2D eigenvalue weighted by Gasteiger charge is -2.10. The van der Waals surface area contributed by atoms with Gasteiger partial charge in [0.05, 0.1) is 10.5 Å². The van der Waals surface area contributed by atoms with Crippen molar-refractivity contribution in [2.75, 3.05) is 0 Å². The molecule has 2 aromatic carbocycles. The number of nitro groups is 1. The maximum atomic E-state index is 13.5. The molecule has 0 saturated heterocycles. The van der Waals surface area contributed by atoms with Crippen LogP contribution in [0.1, 0.15) is 5.56 Å². The molecule has 0 aromatic heterocycles. The second kappa shape index (κ2) is 5.53. The molecule has 3 N–H and O–H groups in total. The van der Waals surface area contributed by atoms with Gasteiger partial charge in [0, 0.05) is 12.1 Å². The van der Waals surface area contributed by atoms with Crippen molar-refractivity contribution in [1.29, 1.82) is 5.41 Å². The van der Waals surface area contributed by atoms with Crippen LogP contribution in [-0.4, -0.2) is 10.8 Å². The van der Waals surface area contributed by atoms with Gasteiger partial charge in [0.2, 0.25) is 5.82 Å². The van der Waals surface area contributed by atoms with Crippen molar-refractivity contribution < 1.29 is 18.4 Å². The molecule has 2 rings (SSSR count). The van der Waals surface area contributed by atoms with Crippen LogP contribution in [0.2, 0.25) is 0 Å². The summed E-state index contributed by atoms with van der Waals surface area (Å²) < 4.78 is 31.9. The molecule has 21 heavy (non-hydrogen) atoms. The van der Waals surface area contributed by atoms with E-state index in [2.05, 4.69) is 0 Å². The molecular weight excluding hydrogens is 284 g/mol. The second-order valence-electron chi connectivity index (χ2n) is 4.03. The normalized spacial score (nSPS) is 10.2. The fourth-order valence-corrected chi connectivity index (χ4v) is 1.63. The first kappa shape index (κ1) is 14.4. The Labute approximate surface area is 117 Å². The van der Waals surface area contributed by atoms with Crippen molar-refractivity contribution in [3.8, 4) is 11.5 Å². The topological polar surface area (TPSA) is 102 Å². The lowest BCUT2D eigenvalue weighted by molar-refractivity contribution is -0.387. The van der Waals surface area contributed by atoms with E-state index in [1.165, 1.54) is 12.1 Å². The predicted molar refractivity (Wildman–Crippen MR) is 70.5 cm³/mol. The Morgan fingerprint density at radius 2 is 1.95 bits per heavy atom. The van der Waals surface area contributed by atoms with E-state index in [-0.39, 0.29) is 17.1 Å². The van der Waals surface area contributed by atoms with Crippen LogP contribution in [0.25, 0.3) is 0 Å². The lowest BCUT2D eigenvalue weighted by Crippen LogP contribution is -2.12. The molecule has 108 valence electrons. The molecule has 8 heteroatoms. The van der Waals surface area contributed by atoms with E-state index in [0.717, 1.165) is 24.3 Å². The van der Waals surface area contributed by atoms with Gasteiger partial charge in [0.1, 0.15) is 23.2 Å². The molecule has 2 aromatic rings. The second-order valence-corrected chi connectivity index (χ2v) is 4.03. The lowest BCUT2D eigenvalue weighted by atomic mass is 10.2. The van der Waals surface area contributed by atoms with Crippen LogP contribution < -0.4 is 10.5 Å². The molecule has 0 bridgehead atoms. The third kappa shape index (κ3) is 3.11. The standard InChI is InChI=1S/C13H9F2N3O3/c14-7-1-4-12(9(5-7)13(16)17)21-8-2-3-11(18(19)20)10(15)6-8/h1-6H,(H3,16,17). The first-order valence-corrected chi connectivity index (χ1v) is 5.64. The van der Waals surface area contributed by atoms with Crippen molar-refractivity contribution in [2.45, 2.75) is 0 Å². The van der Waals surface area contributed by atoms with E-state index in [4.69, 9.17) is 15.9 Å². The van der Waals surface area contributed by atoms with Gasteiger partial charge in [0.25, 0.3) is 0 Å². The number of rotatable bonds is 4. The summed E-state index contributed by atoms with van der Waals surface area (Å²) in [6, 6.07) is 6.27. The van der Waals surface area contributed by atoms with Crippen LogP contribution in [0.15, 0.2) is 36.4 Å². The Kier molecular flexibility index (Phi) is 3.79. The molecule has 0 aliphatic carbocycles. The van der Waals surface area contributed by atoms with Crippen molar-refractivity contribution >= 4 is 11.5 Å². The molecule has 0 saturated carbocycles. The Morgan fingerprint density at radius 1 is 1.24 bits per heavy atom. The van der Waals surface area contributed by atoms with E-state index >= 15 is 0 Å². The number of halogens is 2. The minimum atomic E-state index is -1.07. The Bertz CT molecular complexity index is 735. The zero-order valence-electron chi connectivity index (χ0n) is 10.5.